The average molecular weight is 472 g/mol. The van der Waals surface area contributed by atoms with Crippen LogP contribution in [0.2, 0.25) is 0 Å². The van der Waals surface area contributed by atoms with Gasteiger partial charge in [-0.2, -0.15) is 0 Å². The molecule has 138 valence electrons. The molecule has 0 radical (unpaired) electrons. The molecule has 0 bridgehead atoms. The molecule has 0 aliphatic heterocycles. The van der Waals surface area contributed by atoms with Crippen molar-refractivity contribution in [2.45, 2.75) is 19.5 Å². The van der Waals surface area contributed by atoms with E-state index in [-0.39, 0.29) is 24.0 Å². The molecule has 0 aliphatic carbocycles. The molecule has 0 atom stereocenters. The van der Waals surface area contributed by atoms with Crippen LogP contribution >= 0.6 is 35.3 Å². The van der Waals surface area contributed by atoms with Gasteiger partial charge in [-0.3, -0.25) is 4.99 Å². The molecular weight excluding hydrogens is 443 g/mol. The van der Waals surface area contributed by atoms with E-state index in [1.165, 1.54) is 16.0 Å². The van der Waals surface area contributed by atoms with Crippen molar-refractivity contribution in [3.8, 4) is 0 Å². The van der Waals surface area contributed by atoms with E-state index in [0.29, 0.717) is 0 Å². The van der Waals surface area contributed by atoms with Crippen molar-refractivity contribution >= 4 is 41.3 Å². The number of halogens is 1. The van der Waals surface area contributed by atoms with Gasteiger partial charge in [-0.1, -0.05) is 30.3 Å². The molecule has 0 fully saturated rings. The van der Waals surface area contributed by atoms with Crippen molar-refractivity contribution in [2.75, 3.05) is 34.7 Å². The lowest BCUT2D eigenvalue weighted by atomic mass is 10.1. The van der Waals surface area contributed by atoms with E-state index in [4.69, 9.17) is 0 Å². The molecule has 0 aliphatic rings. The number of guanidine groups is 1. The van der Waals surface area contributed by atoms with Gasteiger partial charge in [0.05, 0.1) is 0 Å². The van der Waals surface area contributed by atoms with Gasteiger partial charge in [0.1, 0.15) is 0 Å². The van der Waals surface area contributed by atoms with Gasteiger partial charge in [0, 0.05) is 38.6 Å². The SMILES string of the molecule is CN=C(NCc1ccc(CN(C)C)cc1)N(C)CCc1cccs1.I. The molecule has 6 heteroatoms. The van der Waals surface area contributed by atoms with E-state index in [1.54, 1.807) is 0 Å². The molecule has 1 heterocycles. The highest BCUT2D eigenvalue weighted by molar-refractivity contribution is 14.0. The van der Waals surface area contributed by atoms with Gasteiger partial charge in [0.25, 0.3) is 0 Å². The maximum Gasteiger partial charge on any atom is 0.193 e. The van der Waals surface area contributed by atoms with Crippen LogP contribution in [0.25, 0.3) is 0 Å². The van der Waals surface area contributed by atoms with Gasteiger partial charge < -0.3 is 15.1 Å². The molecule has 1 aromatic carbocycles. The smallest absolute Gasteiger partial charge is 0.193 e. The van der Waals surface area contributed by atoms with Crippen LogP contribution in [0.15, 0.2) is 46.8 Å². The summed E-state index contributed by atoms with van der Waals surface area (Å²) in [7, 11) is 8.10. The van der Waals surface area contributed by atoms with E-state index < -0.39 is 0 Å². The largest absolute Gasteiger partial charge is 0.352 e. The summed E-state index contributed by atoms with van der Waals surface area (Å²) in [6, 6.07) is 13.0. The molecular formula is C19H29IN4S. The van der Waals surface area contributed by atoms with Crippen molar-refractivity contribution in [1.82, 2.24) is 15.1 Å². The van der Waals surface area contributed by atoms with E-state index in [9.17, 15) is 0 Å². The highest BCUT2D eigenvalue weighted by Crippen LogP contribution is 2.10. The molecule has 1 aromatic heterocycles. The van der Waals surface area contributed by atoms with Crippen molar-refractivity contribution in [3.63, 3.8) is 0 Å². The van der Waals surface area contributed by atoms with Crippen LogP contribution in [0.4, 0.5) is 0 Å². The standard InChI is InChI=1S/C19H28N4S.HI/c1-20-19(23(4)12-11-18-6-5-13-24-18)21-14-16-7-9-17(10-8-16)15-22(2)3;/h5-10,13H,11-12,14-15H2,1-4H3,(H,20,21);1H. The van der Waals surface area contributed by atoms with Crippen LogP contribution in [0, 0.1) is 0 Å². The Morgan fingerprint density at radius 1 is 1.08 bits per heavy atom. The van der Waals surface area contributed by atoms with Crippen molar-refractivity contribution in [2.24, 2.45) is 4.99 Å². The second-order valence-electron chi connectivity index (χ2n) is 6.21. The predicted molar refractivity (Wildman–Crippen MR) is 120 cm³/mol. The zero-order valence-electron chi connectivity index (χ0n) is 15.5. The quantitative estimate of drug-likeness (QED) is 0.379. The fraction of sp³-hybridized carbons (Fsp3) is 0.421. The third kappa shape index (κ3) is 7.75. The first-order chi connectivity index (χ1) is 11.6. The summed E-state index contributed by atoms with van der Waals surface area (Å²) in [6.45, 7) is 2.72. The number of rotatable bonds is 7. The third-order valence-corrected chi connectivity index (χ3v) is 4.76. The minimum atomic E-state index is 0. The van der Waals surface area contributed by atoms with Gasteiger partial charge in [0.2, 0.25) is 0 Å². The number of likely N-dealkylation sites (N-methyl/N-ethyl adjacent to an activating group) is 1. The number of nitrogens with zero attached hydrogens (tertiary/aromatic N) is 3. The molecule has 2 rings (SSSR count). The Kier molecular flexibility index (Phi) is 10.1. The molecule has 0 unspecified atom stereocenters. The lowest BCUT2D eigenvalue weighted by molar-refractivity contribution is 0.402. The predicted octanol–water partition coefficient (Wildman–Crippen LogP) is 3.68. The van der Waals surface area contributed by atoms with E-state index in [1.807, 2.05) is 18.4 Å². The van der Waals surface area contributed by atoms with Gasteiger partial charge >= 0.3 is 0 Å². The Bertz CT molecular complexity index is 623. The third-order valence-electron chi connectivity index (χ3n) is 3.82. The van der Waals surface area contributed by atoms with Crippen LogP contribution in [0.5, 0.6) is 0 Å². The van der Waals surface area contributed by atoms with Crippen LogP contribution in [-0.2, 0) is 19.5 Å². The van der Waals surface area contributed by atoms with Crippen molar-refractivity contribution in [1.29, 1.82) is 0 Å². The number of benzene rings is 1. The molecule has 0 saturated carbocycles. The number of hydrogen-bond donors (Lipinski definition) is 1. The number of thiophene rings is 1. The molecule has 2 aromatic rings. The van der Waals surface area contributed by atoms with Crippen LogP contribution in [0.1, 0.15) is 16.0 Å². The minimum absolute atomic E-state index is 0. The van der Waals surface area contributed by atoms with E-state index in [2.05, 4.69) is 83.0 Å². The lowest BCUT2D eigenvalue weighted by Gasteiger charge is -2.22. The highest BCUT2D eigenvalue weighted by Gasteiger charge is 2.06. The Morgan fingerprint density at radius 3 is 2.32 bits per heavy atom. The van der Waals surface area contributed by atoms with Crippen LogP contribution < -0.4 is 5.32 Å². The summed E-state index contributed by atoms with van der Waals surface area (Å²) in [5, 5.41) is 5.57. The summed E-state index contributed by atoms with van der Waals surface area (Å²) < 4.78 is 0. The summed E-state index contributed by atoms with van der Waals surface area (Å²) in [5.41, 5.74) is 2.60. The fourth-order valence-electron chi connectivity index (χ4n) is 2.53. The monoisotopic (exact) mass is 472 g/mol. The fourth-order valence-corrected chi connectivity index (χ4v) is 3.23. The Balaban J connectivity index is 0.00000312. The number of hydrogen-bond acceptors (Lipinski definition) is 3. The van der Waals surface area contributed by atoms with Gasteiger partial charge in [-0.05, 0) is 43.1 Å². The Labute approximate surface area is 173 Å². The topological polar surface area (TPSA) is 30.9 Å². The highest BCUT2D eigenvalue weighted by atomic mass is 127. The zero-order chi connectivity index (χ0) is 17.4. The Hall–Kier alpha value is -1.12. The summed E-state index contributed by atoms with van der Waals surface area (Å²) in [5.74, 6) is 0.934. The molecule has 4 nitrogen and oxygen atoms in total. The summed E-state index contributed by atoms with van der Waals surface area (Å²) in [6.07, 6.45) is 1.05. The molecule has 0 saturated heterocycles. The molecule has 1 N–H and O–H groups in total. The maximum atomic E-state index is 4.39. The average Bonchev–Trinajstić information content (AvgIpc) is 3.08. The number of aliphatic imine (C=N–C) groups is 1. The van der Waals surface area contributed by atoms with E-state index >= 15 is 0 Å². The van der Waals surface area contributed by atoms with Gasteiger partial charge in [0.15, 0.2) is 5.96 Å². The van der Waals surface area contributed by atoms with Crippen LogP contribution in [-0.4, -0.2) is 50.5 Å². The van der Waals surface area contributed by atoms with Crippen LogP contribution in [0.3, 0.4) is 0 Å². The summed E-state index contributed by atoms with van der Waals surface area (Å²) >= 11 is 1.81. The lowest BCUT2D eigenvalue weighted by Crippen LogP contribution is -2.39. The normalized spacial score (nSPS) is 11.3. The Morgan fingerprint density at radius 2 is 1.76 bits per heavy atom. The minimum Gasteiger partial charge on any atom is -0.352 e. The summed E-state index contributed by atoms with van der Waals surface area (Å²) in [4.78, 5) is 10.2. The van der Waals surface area contributed by atoms with Crippen molar-refractivity contribution in [3.05, 3.63) is 57.8 Å². The molecule has 0 amide bonds. The van der Waals surface area contributed by atoms with Gasteiger partial charge in [-0.25, -0.2) is 0 Å². The molecule has 0 spiro atoms. The van der Waals surface area contributed by atoms with Crippen molar-refractivity contribution < 1.29 is 0 Å². The van der Waals surface area contributed by atoms with E-state index in [0.717, 1.165) is 32.0 Å². The zero-order valence-corrected chi connectivity index (χ0v) is 18.7. The first-order valence-electron chi connectivity index (χ1n) is 8.25. The first kappa shape index (κ1) is 21.9. The maximum absolute atomic E-state index is 4.39. The number of nitrogens with one attached hydrogen (secondary N) is 1. The van der Waals surface area contributed by atoms with Gasteiger partial charge in [-0.15, -0.1) is 35.3 Å². The first-order valence-corrected chi connectivity index (χ1v) is 9.13. The second kappa shape index (κ2) is 11.5. The second-order valence-corrected chi connectivity index (χ2v) is 7.24. The molecule has 25 heavy (non-hydrogen) atoms.